The molecule has 1 unspecified atom stereocenters. The number of amides is 1. The van der Waals surface area contributed by atoms with Gasteiger partial charge in [0.15, 0.2) is 0 Å². The molecule has 0 aliphatic rings. The molecule has 0 radical (unpaired) electrons. The van der Waals surface area contributed by atoms with E-state index in [-0.39, 0.29) is 27.9 Å². The highest BCUT2D eigenvalue weighted by Crippen LogP contribution is 2.39. The van der Waals surface area contributed by atoms with Gasteiger partial charge in [-0.2, -0.15) is 13.2 Å². The second-order valence-corrected chi connectivity index (χ2v) is 8.59. The van der Waals surface area contributed by atoms with Gasteiger partial charge in [0.25, 0.3) is 0 Å². The first kappa shape index (κ1) is 25.1. The maximum atomic E-state index is 14.5. The Labute approximate surface area is 191 Å². The van der Waals surface area contributed by atoms with E-state index in [2.05, 4.69) is 15.3 Å². The highest BCUT2D eigenvalue weighted by molar-refractivity contribution is 5.94. The van der Waals surface area contributed by atoms with Gasteiger partial charge in [-0.15, -0.1) is 0 Å². The number of nitrogens with zero attached hydrogens (tertiary/aromatic N) is 2. The zero-order valence-electron chi connectivity index (χ0n) is 18.5. The molecule has 0 saturated heterocycles. The molecule has 1 aromatic carbocycles. The van der Waals surface area contributed by atoms with Crippen LogP contribution in [0.4, 0.5) is 26.7 Å². The Kier molecular flexibility index (Phi) is 6.94. The first-order valence-corrected chi connectivity index (χ1v) is 10.2. The van der Waals surface area contributed by atoms with Crippen LogP contribution in [0, 0.1) is 17.6 Å². The predicted molar refractivity (Wildman–Crippen MR) is 114 cm³/mol. The lowest BCUT2D eigenvalue weighted by atomic mass is 9.91. The number of hydrogen-bond donors (Lipinski definition) is 2. The van der Waals surface area contributed by atoms with E-state index in [9.17, 15) is 26.7 Å². The molecule has 3 rings (SSSR count). The number of benzene rings is 1. The van der Waals surface area contributed by atoms with Crippen molar-refractivity contribution in [1.82, 2.24) is 15.3 Å². The van der Waals surface area contributed by atoms with E-state index in [0.29, 0.717) is 12.5 Å². The fourth-order valence-corrected chi connectivity index (χ4v) is 3.89. The van der Waals surface area contributed by atoms with E-state index in [1.807, 2.05) is 13.8 Å². The number of rotatable bonds is 7. The molecule has 1 amide bonds. The summed E-state index contributed by atoms with van der Waals surface area (Å²) < 4.78 is 75.0. The van der Waals surface area contributed by atoms with Gasteiger partial charge in [0.1, 0.15) is 23.8 Å². The van der Waals surface area contributed by atoms with Gasteiger partial charge in [-0.05, 0) is 37.0 Å². The van der Waals surface area contributed by atoms with E-state index >= 15 is 0 Å². The van der Waals surface area contributed by atoms with Gasteiger partial charge in [-0.1, -0.05) is 13.8 Å². The van der Waals surface area contributed by atoms with Gasteiger partial charge in [0.2, 0.25) is 5.88 Å². The van der Waals surface area contributed by atoms with Crippen molar-refractivity contribution in [1.29, 1.82) is 0 Å². The van der Waals surface area contributed by atoms with Crippen LogP contribution in [-0.2, 0) is 6.18 Å². The molecule has 182 valence electrons. The minimum absolute atomic E-state index is 0.0255. The zero-order valence-corrected chi connectivity index (χ0v) is 18.5. The second-order valence-electron chi connectivity index (χ2n) is 8.59. The van der Waals surface area contributed by atoms with E-state index in [4.69, 9.17) is 9.84 Å². The quantitative estimate of drug-likeness (QED) is 0.400. The summed E-state index contributed by atoms with van der Waals surface area (Å²) in [4.78, 5) is 18.9. The maximum Gasteiger partial charge on any atom is 0.421 e. The number of hydrogen-bond acceptors (Lipinski definition) is 4. The molecule has 0 saturated carbocycles. The monoisotopic (exact) mass is 483 g/mol. The molecular weight excluding hydrogens is 461 g/mol. The van der Waals surface area contributed by atoms with Crippen LogP contribution < -0.4 is 10.1 Å². The molecular formula is C23H22F5N3O3. The van der Waals surface area contributed by atoms with Crippen LogP contribution in [0.15, 0.2) is 36.7 Å². The number of fused-ring (bicyclic) bond motifs is 1. The van der Waals surface area contributed by atoms with Crippen LogP contribution in [0.1, 0.15) is 32.8 Å². The number of nitrogens with one attached hydrogen (secondary N) is 1. The zero-order chi connectivity index (χ0) is 25.3. The number of pyridine rings is 2. The summed E-state index contributed by atoms with van der Waals surface area (Å²) in [5, 5.41) is 11.2. The normalized spacial score (nSPS) is 13.7. The summed E-state index contributed by atoms with van der Waals surface area (Å²) in [5.74, 6) is -2.57. The summed E-state index contributed by atoms with van der Waals surface area (Å²) in [7, 11) is 0. The molecule has 34 heavy (non-hydrogen) atoms. The van der Waals surface area contributed by atoms with E-state index in [1.165, 1.54) is 19.2 Å². The van der Waals surface area contributed by atoms with Crippen molar-refractivity contribution in [2.24, 2.45) is 5.92 Å². The molecule has 0 aliphatic heterocycles. The first-order valence-electron chi connectivity index (χ1n) is 10.2. The predicted octanol–water partition coefficient (Wildman–Crippen LogP) is 6.05. The fraction of sp³-hybridized carbons (Fsp3) is 0.348. The van der Waals surface area contributed by atoms with Crippen molar-refractivity contribution in [3.8, 4) is 17.0 Å². The minimum atomic E-state index is -4.87. The summed E-state index contributed by atoms with van der Waals surface area (Å²) in [5.41, 5.74) is -2.49. The average Bonchev–Trinajstić information content (AvgIpc) is 2.69. The number of carbonyl (C=O) groups is 1. The van der Waals surface area contributed by atoms with Crippen molar-refractivity contribution in [2.45, 2.75) is 38.9 Å². The van der Waals surface area contributed by atoms with E-state index in [1.54, 1.807) is 0 Å². The van der Waals surface area contributed by atoms with Crippen LogP contribution in [0.5, 0.6) is 5.88 Å². The van der Waals surface area contributed by atoms with Crippen molar-refractivity contribution in [3.05, 3.63) is 53.9 Å². The van der Waals surface area contributed by atoms with Gasteiger partial charge >= 0.3 is 12.3 Å². The van der Waals surface area contributed by atoms with Crippen LogP contribution in [0.3, 0.4) is 0 Å². The van der Waals surface area contributed by atoms with Crippen molar-refractivity contribution in [2.75, 3.05) is 6.61 Å². The fourth-order valence-electron chi connectivity index (χ4n) is 3.89. The number of ether oxygens (including phenoxy) is 1. The number of aromatic nitrogens is 2. The largest absolute Gasteiger partial charge is 0.475 e. The van der Waals surface area contributed by atoms with Gasteiger partial charge in [0.05, 0.1) is 11.1 Å². The van der Waals surface area contributed by atoms with Crippen molar-refractivity contribution >= 4 is 17.0 Å². The van der Waals surface area contributed by atoms with Crippen LogP contribution >= 0.6 is 0 Å². The molecule has 2 heterocycles. The Morgan fingerprint density at radius 1 is 1.18 bits per heavy atom. The van der Waals surface area contributed by atoms with Crippen LogP contribution in [-0.4, -0.2) is 33.3 Å². The van der Waals surface area contributed by atoms with E-state index < -0.39 is 47.5 Å². The Morgan fingerprint density at radius 3 is 2.50 bits per heavy atom. The smallest absolute Gasteiger partial charge is 0.421 e. The lowest BCUT2D eigenvalue weighted by molar-refractivity contribution is -0.139. The second kappa shape index (κ2) is 9.40. The SMILES string of the molecule is CC(C)CC(C)(COc1ncc(-c2ccnc3cc(F)cc(F)c23)cc1C(F)(F)F)NC(=O)O. The highest BCUT2D eigenvalue weighted by Gasteiger charge is 2.37. The molecule has 2 aromatic heterocycles. The first-order chi connectivity index (χ1) is 15.8. The summed E-state index contributed by atoms with van der Waals surface area (Å²) >= 11 is 0. The molecule has 2 N–H and O–H groups in total. The topological polar surface area (TPSA) is 84.3 Å². The number of alkyl halides is 3. The third kappa shape index (κ3) is 5.70. The van der Waals surface area contributed by atoms with Crippen LogP contribution in [0.25, 0.3) is 22.0 Å². The van der Waals surface area contributed by atoms with Gasteiger partial charge in [-0.25, -0.2) is 18.6 Å². The lowest BCUT2D eigenvalue weighted by Gasteiger charge is -2.31. The summed E-state index contributed by atoms with van der Waals surface area (Å²) in [6.07, 6.45) is -3.61. The van der Waals surface area contributed by atoms with Gasteiger partial charge in [-0.3, -0.25) is 4.98 Å². The summed E-state index contributed by atoms with van der Waals surface area (Å²) in [6.45, 7) is 4.78. The molecule has 0 spiro atoms. The molecule has 3 aromatic rings. The maximum absolute atomic E-state index is 14.5. The van der Waals surface area contributed by atoms with Crippen molar-refractivity contribution < 1.29 is 36.6 Å². The minimum Gasteiger partial charge on any atom is -0.475 e. The number of carboxylic acid groups (broad SMARTS) is 1. The van der Waals surface area contributed by atoms with Crippen molar-refractivity contribution in [3.63, 3.8) is 0 Å². The Bertz CT molecular complexity index is 1220. The van der Waals surface area contributed by atoms with E-state index in [0.717, 1.165) is 18.3 Å². The standard InChI is InChI=1S/C23H22F5N3O3/c1-12(2)9-22(3,31-21(32)33)11-34-20-16(23(26,27)28)6-13(10-30-20)15-4-5-29-18-8-14(24)7-17(25)19(15)18/h4-8,10,12,31H,9,11H2,1-3H3,(H,32,33). The van der Waals surface area contributed by atoms with Crippen LogP contribution in [0.2, 0.25) is 0 Å². The third-order valence-corrected chi connectivity index (χ3v) is 5.02. The third-order valence-electron chi connectivity index (χ3n) is 5.02. The molecule has 6 nitrogen and oxygen atoms in total. The lowest BCUT2D eigenvalue weighted by Crippen LogP contribution is -2.50. The number of halogens is 5. The van der Waals surface area contributed by atoms with Gasteiger partial charge < -0.3 is 15.2 Å². The summed E-state index contributed by atoms with van der Waals surface area (Å²) in [6, 6.07) is 3.65. The molecule has 0 fully saturated rings. The van der Waals surface area contributed by atoms with Gasteiger partial charge in [0, 0.05) is 35.5 Å². The molecule has 0 aliphatic carbocycles. The highest BCUT2D eigenvalue weighted by atomic mass is 19.4. The Morgan fingerprint density at radius 2 is 1.88 bits per heavy atom. The Balaban J connectivity index is 2.04. The molecule has 1 atom stereocenters. The molecule has 0 bridgehead atoms. The average molecular weight is 483 g/mol. The Hall–Kier alpha value is -3.50. The molecule has 11 heteroatoms.